The maximum Gasteiger partial charge on any atom is 0.253 e. The fourth-order valence-electron chi connectivity index (χ4n) is 1.89. The van der Waals surface area contributed by atoms with E-state index in [1.807, 2.05) is 18.2 Å². The van der Waals surface area contributed by atoms with Crippen molar-refractivity contribution in [2.45, 2.75) is 12.5 Å². The fourth-order valence-corrected chi connectivity index (χ4v) is 1.89. The molecule has 0 aliphatic heterocycles. The first kappa shape index (κ1) is 15.6. The summed E-state index contributed by atoms with van der Waals surface area (Å²) in [5.74, 6) is -0.117. The molecule has 0 radical (unpaired) electrons. The summed E-state index contributed by atoms with van der Waals surface area (Å²) in [6.07, 6.45) is 0.0723. The largest absolute Gasteiger partial charge is 0.389 e. The number of hydrogen-bond acceptors (Lipinski definition) is 4. The van der Waals surface area contributed by atoms with Crippen LogP contribution in [0.15, 0.2) is 24.3 Å². The summed E-state index contributed by atoms with van der Waals surface area (Å²) in [6.45, 7) is 1.01. The molecule has 3 N–H and O–H groups in total. The standard InChI is InChI=1S/C14H22N2O3/c1-16(9-13(17)10-19-2)14(18)12-5-3-4-11(8-12)6-7-15/h3-5,8,13,17H,6-7,9-10,15H2,1-2H3. The molecule has 1 unspecified atom stereocenters. The van der Waals surface area contributed by atoms with Gasteiger partial charge in [-0.15, -0.1) is 0 Å². The predicted molar refractivity (Wildman–Crippen MR) is 74.0 cm³/mol. The van der Waals surface area contributed by atoms with Gasteiger partial charge in [-0.3, -0.25) is 4.79 Å². The number of aliphatic hydroxyl groups is 1. The molecular weight excluding hydrogens is 244 g/mol. The van der Waals surface area contributed by atoms with Gasteiger partial charge in [-0.2, -0.15) is 0 Å². The molecule has 19 heavy (non-hydrogen) atoms. The average molecular weight is 266 g/mol. The number of carbonyl (C=O) groups is 1. The van der Waals surface area contributed by atoms with Crippen molar-refractivity contribution >= 4 is 5.91 Å². The highest BCUT2D eigenvalue weighted by Gasteiger charge is 2.15. The van der Waals surface area contributed by atoms with Crippen LogP contribution in [0.1, 0.15) is 15.9 Å². The molecule has 0 aliphatic rings. The Kier molecular flexibility index (Phi) is 6.49. The summed E-state index contributed by atoms with van der Waals surface area (Å²) in [5.41, 5.74) is 7.15. The van der Waals surface area contributed by atoms with E-state index < -0.39 is 6.10 Å². The second-order valence-electron chi connectivity index (χ2n) is 4.53. The first-order valence-corrected chi connectivity index (χ1v) is 6.30. The quantitative estimate of drug-likeness (QED) is 0.742. The summed E-state index contributed by atoms with van der Waals surface area (Å²) >= 11 is 0. The number of carbonyl (C=O) groups excluding carboxylic acids is 1. The molecule has 0 bridgehead atoms. The van der Waals surface area contributed by atoms with E-state index in [1.165, 1.54) is 12.0 Å². The van der Waals surface area contributed by atoms with Gasteiger partial charge in [0.15, 0.2) is 0 Å². The van der Waals surface area contributed by atoms with Crippen molar-refractivity contribution in [3.05, 3.63) is 35.4 Å². The summed E-state index contributed by atoms with van der Waals surface area (Å²) < 4.78 is 4.84. The minimum atomic E-state index is -0.675. The number of amides is 1. The van der Waals surface area contributed by atoms with Gasteiger partial charge in [-0.25, -0.2) is 0 Å². The third-order valence-electron chi connectivity index (χ3n) is 2.80. The lowest BCUT2D eigenvalue weighted by molar-refractivity contribution is 0.0380. The van der Waals surface area contributed by atoms with Crippen LogP contribution in [0.5, 0.6) is 0 Å². The van der Waals surface area contributed by atoms with Gasteiger partial charge in [0, 0.05) is 26.3 Å². The number of likely N-dealkylation sites (N-methyl/N-ethyl adjacent to an activating group) is 1. The van der Waals surface area contributed by atoms with Crippen LogP contribution in [-0.4, -0.2) is 55.9 Å². The molecule has 1 amide bonds. The van der Waals surface area contributed by atoms with Gasteiger partial charge in [0.25, 0.3) is 5.91 Å². The molecule has 0 heterocycles. The van der Waals surface area contributed by atoms with Gasteiger partial charge in [0.2, 0.25) is 0 Å². The van der Waals surface area contributed by atoms with Crippen LogP contribution in [-0.2, 0) is 11.2 Å². The van der Waals surface area contributed by atoms with Crippen molar-refractivity contribution < 1.29 is 14.6 Å². The number of nitrogens with zero attached hydrogens (tertiary/aromatic N) is 1. The SMILES string of the molecule is COCC(O)CN(C)C(=O)c1cccc(CCN)c1. The van der Waals surface area contributed by atoms with Crippen LogP contribution in [0.2, 0.25) is 0 Å². The average Bonchev–Trinajstić information content (AvgIpc) is 2.38. The van der Waals surface area contributed by atoms with Crippen molar-refractivity contribution in [2.75, 3.05) is 33.9 Å². The highest BCUT2D eigenvalue weighted by Crippen LogP contribution is 2.08. The third kappa shape index (κ3) is 4.98. The Balaban J connectivity index is 2.68. The lowest BCUT2D eigenvalue weighted by Gasteiger charge is -2.20. The summed E-state index contributed by atoms with van der Waals surface area (Å²) in [7, 11) is 3.18. The fraction of sp³-hybridized carbons (Fsp3) is 0.500. The number of nitrogens with two attached hydrogens (primary N) is 1. The molecule has 1 rings (SSSR count). The van der Waals surface area contributed by atoms with Crippen molar-refractivity contribution in [1.82, 2.24) is 4.90 Å². The Morgan fingerprint density at radius 2 is 2.26 bits per heavy atom. The zero-order valence-electron chi connectivity index (χ0n) is 11.5. The van der Waals surface area contributed by atoms with Crippen LogP contribution in [0.4, 0.5) is 0 Å². The topological polar surface area (TPSA) is 75.8 Å². The van der Waals surface area contributed by atoms with E-state index in [0.29, 0.717) is 12.1 Å². The lowest BCUT2D eigenvalue weighted by atomic mass is 10.1. The molecule has 5 nitrogen and oxygen atoms in total. The van der Waals surface area contributed by atoms with Crippen LogP contribution in [0, 0.1) is 0 Å². The van der Waals surface area contributed by atoms with Gasteiger partial charge in [-0.1, -0.05) is 12.1 Å². The molecule has 0 aromatic heterocycles. The molecule has 1 aromatic rings. The predicted octanol–water partition coefficient (Wildman–Crippen LogP) is 0.267. The number of aliphatic hydroxyl groups excluding tert-OH is 1. The highest BCUT2D eigenvalue weighted by atomic mass is 16.5. The number of ether oxygens (including phenoxy) is 1. The molecule has 0 aliphatic carbocycles. The number of benzene rings is 1. The van der Waals surface area contributed by atoms with Gasteiger partial charge in [0.1, 0.15) is 0 Å². The molecule has 0 spiro atoms. The van der Waals surface area contributed by atoms with Crippen LogP contribution in [0.3, 0.4) is 0 Å². The number of hydrogen-bond donors (Lipinski definition) is 2. The second-order valence-corrected chi connectivity index (χ2v) is 4.53. The zero-order chi connectivity index (χ0) is 14.3. The minimum absolute atomic E-state index is 0.117. The minimum Gasteiger partial charge on any atom is -0.389 e. The first-order valence-electron chi connectivity index (χ1n) is 6.30. The Hall–Kier alpha value is -1.43. The molecule has 1 aromatic carbocycles. The number of rotatable bonds is 7. The van der Waals surface area contributed by atoms with E-state index in [1.54, 1.807) is 13.1 Å². The zero-order valence-corrected chi connectivity index (χ0v) is 11.5. The Bertz CT molecular complexity index is 409. The van der Waals surface area contributed by atoms with Crippen LogP contribution >= 0.6 is 0 Å². The van der Waals surface area contributed by atoms with Crippen LogP contribution < -0.4 is 5.73 Å². The van der Waals surface area contributed by atoms with Gasteiger partial charge >= 0.3 is 0 Å². The van der Waals surface area contributed by atoms with Gasteiger partial charge in [0.05, 0.1) is 12.7 Å². The second kappa shape index (κ2) is 7.89. The van der Waals surface area contributed by atoms with E-state index in [0.717, 1.165) is 12.0 Å². The number of methoxy groups -OCH3 is 1. The van der Waals surface area contributed by atoms with Gasteiger partial charge in [-0.05, 0) is 30.7 Å². The summed E-state index contributed by atoms with van der Waals surface area (Å²) in [6, 6.07) is 7.40. The third-order valence-corrected chi connectivity index (χ3v) is 2.80. The monoisotopic (exact) mass is 266 g/mol. The molecule has 5 heteroatoms. The van der Waals surface area contributed by atoms with E-state index in [9.17, 15) is 9.90 Å². The summed E-state index contributed by atoms with van der Waals surface area (Å²) in [4.78, 5) is 13.7. The van der Waals surface area contributed by atoms with Gasteiger partial charge < -0.3 is 20.5 Å². The Morgan fingerprint density at radius 3 is 2.89 bits per heavy atom. The molecule has 0 fully saturated rings. The Labute approximate surface area is 114 Å². The molecule has 0 saturated carbocycles. The highest BCUT2D eigenvalue weighted by molar-refractivity contribution is 5.94. The van der Waals surface area contributed by atoms with Crippen molar-refractivity contribution in [2.24, 2.45) is 5.73 Å². The first-order chi connectivity index (χ1) is 9.08. The Morgan fingerprint density at radius 1 is 1.53 bits per heavy atom. The lowest BCUT2D eigenvalue weighted by Crippen LogP contribution is -2.36. The van der Waals surface area contributed by atoms with E-state index in [-0.39, 0.29) is 19.1 Å². The van der Waals surface area contributed by atoms with Crippen molar-refractivity contribution in [1.29, 1.82) is 0 Å². The van der Waals surface area contributed by atoms with Crippen LogP contribution in [0.25, 0.3) is 0 Å². The smallest absolute Gasteiger partial charge is 0.253 e. The normalized spacial score (nSPS) is 12.2. The molecule has 106 valence electrons. The van der Waals surface area contributed by atoms with E-state index >= 15 is 0 Å². The molecule has 0 saturated heterocycles. The van der Waals surface area contributed by atoms with Crippen molar-refractivity contribution in [3.63, 3.8) is 0 Å². The van der Waals surface area contributed by atoms with E-state index in [2.05, 4.69) is 0 Å². The molecule has 1 atom stereocenters. The summed E-state index contributed by atoms with van der Waals surface area (Å²) in [5, 5.41) is 9.62. The maximum atomic E-state index is 12.2. The van der Waals surface area contributed by atoms with Crippen molar-refractivity contribution in [3.8, 4) is 0 Å². The molecular formula is C14H22N2O3. The maximum absolute atomic E-state index is 12.2. The van der Waals surface area contributed by atoms with E-state index in [4.69, 9.17) is 10.5 Å².